The van der Waals surface area contributed by atoms with Crippen LogP contribution in [-0.2, 0) is 11.3 Å². The second-order valence-corrected chi connectivity index (χ2v) is 8.11. The molecule has 24 heavy (non-hydrogen) atoms. The second-order valence-electron chi connectivity index (χ2n) is 7.22. The molecule has 6 heteroatoms. The minimum atomic E-state index is 0.346. The van der Waals surface area contributed by atoms with Crippen molar-refractivity contribution in [3.8, 4) is 0 Å². The molecule has 2 aliphatic rings. The maximum absolute atomic E-state index is 5.93. The Balaban J connectivity index is 1.52. The Bertz CT molecular complexity index is 579. The van der Waals surface area contributed by atoms with E-state index in [4.69, 9.17) is 4.74 Å². The van der Waals surface area contributed by atoms with Gasteiger partial charge in [0.1, 0.15) is 0 Å². The standard InChI is InChI=1S/C18H30N4OS/c1-5-23-15-9-14(18(15)7-6-8-18)22-17(19-4)20-10-13-11-24-16(21-13)12(2)3/h11-12,14-15H,5-10H2,1-4H3,(H2,19,20,22). The molecule has 1 aromatic heterocycles. The smallest absolute Gasteiger partial charge is 0.191 e. The van der Waals surface area contributed by atoms with Crippen LogP contribution >= 0.6 is 11.3 Å². The lowest BCUT2D eigenvalue weighted by atomic mass is 9.51. The zero-order chi connectivity index (χ0) is 17.2. The van der Waals surface area contributed by atoms with Gasteiger partial charge in [-0.3, -0.25) is 4.99 Å². The van der Waals surface area contributed by atoms with Gasteiger partial charge in [0.25, 0.3) is 0 Å². The Morgan fingerprint density at radius 2 is 2.29 bits per heavy atom. The maximum atomic E-state index is 5.93. The topological polar surface area (TPSA) is 58.5 Å². The fraction of sp³-hybridized carbons (Fsp3) is 0.778. The zero-order valence-corrected chi connectivity index (χ0v) is 16.1. The third kappa shape index (κ3) is 3.31. The van der Waals surface area contributed by atoms with Gasteiger partial charge < -0.3 is 15.4 Å². The molecule has 2 saturated carbocycles. The minimum Gasteiger partial charge on any atom is -0.378 e. The van der Waals surface area contributed by atoms with Crippen molar-refractivity contribution in [3.05, 3.63) is 16.1 Å². The van der Waals surface area contributed by atoms with Gasteiger partial charge in [-0.25, -0.2) is 4.98 Å². The molecule has 0 saturated heterocycles. The van der Waals surface area contributed by atoms with Gasteiger partial charge in [-0.1, -0.05) is 20.3 Å². The molecule has 2 atom stereocenters. The molecular weight excluding hydrogens is 320 g/mol. The van der Waals surface area contributed by atoms with E-state index in [1.54, 1.807) is 11.3 Å². The lowest BCUT2D eigenvalue weighted by Crippen LogP contribution is -2.68. The molecule has 3 rings (SSSR count). The summed E-state index contributed by atoms with van der Waals surface area (Å²) >= 11 is 1.74. The van der Waals surface area contributed by atoms with E-state index < -0.39 is 0 Å². The zero-order valence-electron chi connectivity index (χ0n) is 15.3. The molecule has 2 fully saturated rings. The number of thiazole rings is 1. The van der Waals surface area contributed by atoms with E-state index in [9.17, 15) is 0 Å². The van der Waals surface area contributed by atoms with E-state index in [1.165, 1.54) is 24.3 Å². The van der Waals surface area contributed by atoms with Crippen LogP contribution in [0.1, 0.15) is 63.1 Å². The first-order chi connectivity index (χ1) is 11.6. The predicted molar refractivity (Wildman–Crippen MR) is 99.6 cm³/mol. The van der Waals surface area contributed by atoms with Gasteiger partial charge in [0, 0.05) is 36.4 Å². The number of aromatic nitrogens is 1. The van der Waals surface area contributed by atoms with Crippen molar-refractivity contribution in [2.45, 2.75) is 71.1 Å². The molecule has 5 nitrogen and oxygen atoms in total. The summed E-state index contributed by atoms with van der Waals surface area (Å²) in [5.41, 5.74) is 1.44. The van der Waals surface area contributed by atoms with Crippen LogP contribution in [0.15, 0.2) is 10.4 Å². The van der Waals surface area contributed by atoms with Crippen molar-refractivity contribution in [3.63, 3.8) is 0 Å². The van der Waals surface area contributed by atoms with Crippen molar-refractivity contribution >= 4 is 17.3 Å². The summed E-state index contributed by atoms with van der Waals surface area (Å²) in [4.78, 5) is 9.07. The molecule has 1 heterocycles. The summed E-state index contributed by atoms with van der Waals surface area (Å²) in [6.45, 7) is 7.98. The summed E-state index contributed by atoms with van der Waals surface area (Å²) in [6.07, 6.45) is 5.39. The van der Waals surface area contributed by atoms with Gasteiger partial charge in [0.15, 0.2) is 5.96 Å². The number of hydrogen-bond acceptors (Lipinski definition) is 4. The summed E-state index contributed by atoms with van der Waals surface area (Å²) in [6, 6.07) is 0.482. The fourth-order valence-corrected chi connectivity index (χ4v) is 4.68. The SMILES string of the molecule is CCOC1CC(NC(=NC)NCc2csc(C(C)C)n2)C12CCC2. The third-order valence-electron chi connectivity index (χ3n) is 5.47. The van der Waals surface area contributed by atoms with E-state index in [1.807, 2.05) is 7.05 Å². The highest BCUT2D eigenvalue weighted by atomic mass is 32.1. The number of aliphatic imine (C=N–C) groups is 1. The minimum absolute atomic E-state index is 0.346. The van der Waals surface area contributed by atoms with E-state index in [0.29, 0.717) is 23.5 Å². The van der Waals surface area contributed by atoms with Crippen LogP contribution in [0.2, 0.25) is 0 Å². The number of nitrogens with zero attached hydrogens (tertiary/aromatic N) is 2. The van der Waals surface area contributed by atoms with Gasteiger partial charge in [-0.05, 0) is 26.2 Å². The third-order valence-corrected chi connectivity index (χ3v) is 6.67. The normalized spacial score (nSPS) is 25.5. The van der Waals surface area contributed by atoms with Crippen molar-refractivity contribution in [2.24, 2.45) is 10.4 Å². The summed E-state index contributed by atoms with van der Waals surface area (Å²) in [5.74, 6) is 1.37. The van der Waals surface area contributed by atoms with Gasteiger partial charge >= 0.3 is 0 Å². The Morgan fingerprint density at radius 1 is 1.50 bits per heavy atom. The van der Waals surface area contributed by atoms with E-state index in [2.05, 4.69) is 46.8 Å². The first-order valence-electron chi connectivity index (χ1n) is 9.12. The van der Waals surface area contributed by atoms with Gasteiger partial charge in [-0.15, -0.1) is 11.3 Å². The summed E-state index contributed by atoms with van der Waals surface area (Å²) in [5, 5.41) is 10.4. The van der Waals surface area contributed by atoms with Gasteiger partial charge in [0.05, 0.1) is 23.4 Å². The van der Waals surface area contributed by atoms with E-state index in [-0.39, 0.29) is 0 Å². The van der Waals surface area contributed by atoms with Gasteiger partial charge in [0.2, 0.25) is 0 Å². The number of guanidine groups is 1. The summed E-state index contributed by atoms with van der Waals surface area (Å²) in [7, 11) is 1.84. The highest BCUT2D eigenvalue weighted by molar-refractivity contribution is 7.09. The van der Waals surface area contributed by atoms with Crippen LogP contribution in [0.3, 0.4) is 0 Å². The largest absolute Gasteiger partial charge is 0.378 e. The number of rotatable bonds is 6. The quantitative estimate of drug-likeness (QED) is 0.611. The van der Waals surface area contributed by atoms with Crippen molar-refractivity contribution in [1.82, 2.24) is 15.6 Å². The van der Waals surface area contributed by atoms with E-state index >= 15 is 0 Å². The monoisotopic (exact) mass is 350 g/mol. The highest BCUT2D eigenvalue weighted by Gasteiger charge is 2.59. The van der Waals surface area contributed by atoms with Crippen LogP contribution in [-0.4, -0.2) is 36.7 Å². The molecule has 0 aliphatic heterocycles. The molecular formula is C18H30N4OS. The molecule has 2 N–H and O–H groups in total. The predicted octanol–water partition coefficient (Wildman–Crippen LogP) is 3.28. The number of nitrogens with one attached hydrogen (secondary N) is 2. The molecule has 1 aromatic rings. The Kier molecular flexibility index (Phi) is 5.45. The average Bonchev–Trinajstić information content (AvgIpc) is 2.97. The lowest BCUT2D eigenvalue weighted by Gasteiger charge is -2.61. The van der Waals surface area contributed by atoms with Crippen molar-refractivity contribution < 1.29 is 4.74 Å². The van der Waals surface area contributed by atoms with Crippen LogP contribution in [0.4, 0.5) is 0 Å². The lowest BCUT2D eigenvalue weighted by molar-refractivity contribution is -0.168. The maximum Gasteiger partial charge on any atom is 0.191 e. The molecule has 2 aliphatic carbocycles. The molecule has 2 unspecified atom stereocenters. The van der Waals surface area contributed by atoms with Crippen molar-refractivity contribution in [1.29, 1.82) is 0 Å². The molecule has 0 bridgehead atoms. The molecule has 0 amide bonds. The fourth-order valence-electron chi connectivity index (χ4n) is 3.84. The molecule has 134 valence electrons. The first kappa shape index (κ1) is 17.7. The van der Waals surface area contributed by atoms with Crippen LogP contribution in [0.25, 0.3) is 0 Å². The number of hydrogen-bond donors (Lipinski definition) is 2. The van der Waals surface area contributed by atoms with Crippen LogP contribution in [0.5, 0.6) is 0 Å². The molecule has 0 aromatic carbocycles. The van der Waals surface area contributed by atoms with Crippen LogP contribution < -0.4 is 10.6 Å². The van der Waals surface area contributed by atoms with E-state index in [0.717, 1.165) is 31.2 Å². The highest BCUT2D eigenvalue weighted by Crippen LogP contribution is 2.57. The average molecular weight is 351 g/mol. The van der Waals surface area contributed by atoms with Crippen molar-refractivity contribution in [2.75, 3.05) is 13.7 Å². The Morgan fingerprint density at radius 3 is 2.83 bits per heavy atom. The Hall–Kier alpha value is -1.14. The number of ether oxygens (including phenoxy) is 1. The molecule has 1 spiro atoms. The second kappa shape index (κ2) is 7.40. The van der Waals surface area contributed by atoms with Gasteiger partial charge in [-0.2, -0.15) is 0 Å². The molecule has 0 radical (unpaired) electrons. The first-order valence-corrected chi connectivity index (χ1v) is 10.00. The van der Waals surface area contributed by atoms with Crippen LogP contribution in [0, 0.1) is 5.41 Å². The Labute approximate surface area is 149 Å². The summed E-state index contributed by atoms with van der Waals surface area (Å²) < 4.78 is 5.93.